The lowest BCUT2D eigenvalue weighted by Crippen LogP contribution is -2.38. The molecule has 1 aliphatic rings. The summed E-state index contributed by atoms with van der Waals surface area (Å²) in [5.74, 6) is -0.223. The van der Waals surface area contributed by atoms with Crippen molar-refractivity contribution in [2.24, 2.45) is 0 Å². The van der Waals surface area contributed by atoms with Gasteiger partial charge in [0, 0.05) is 12.2 Å². The minimum Gasteiger partial charge on any atom is -0.393 e. The second-order valence-corrected chi connectivity index (χ2v) is 5.75. The highest BCUT2D eigenvalue weighted by Gasteiger charge is 2.22. The zero-order valence-corrected chi connectivity index (χ0v) is 12.6. The first-order valence-corrected chi connectivity index (χ1v) is 7.71. The molecule has 0 saturated heterocycles. The van der Waals surface area contributed by atoms with Crippen LogP contribution in [-0.4, -0.2) is 32.9 Å². The second kappa shape index (κ2) is 6.63. The fraction of sp³-hybridized carbons (Fsp3) is 0.353. The predicted molar refractivity (Wildman–Crippen MR) is 84.0 cm³/mol. The lowest BCUT2D eigenvalue weighted by Gasteiger charge is -2.25. The van der Waals surface area contributed by atoms with Gasteiger partial charge in [-0.15, -0.1) is 0 Å². The fourth-order valence-electron chi connectivity index (χ4n) is 2.83. The fourth-order valence-corrected chi connectivity index (χ4v) is 2.83. The summed E-state index contributed by atoms with van der Waals surface area (Å²) in [5, 5.41) is 25.9. The van der Waals surface area contributed by atoms with Gasteiger partial charge in [0.05, 0.1) is 17.4 Å². The van der Waals surface area contributed by atoms with Crippen LogP contribution in [0, 0.1) is 11.3 Å². The van der Waals surface area contributed by atoms with Crippen molar-refractivity contribution in [2.45, 2.75) is 37.8 Å². The number of aliphatic hydroxyl groups is 1. The average Bonchev–Trinajstić information content (AvgIpc) is 3.07. The summed E-state index contributed by atoms with van der Waals surface area (Å²) < 4.78 is 1.54. The third kappa shape index (κ3) is 3.41. The van der Waals surface area contributed by atoms with Gasteiger partial charge in [-0.25, -0.2) is 4.68 Å². The van der Waals surface area contributed by atoms with Crippen molar-refractivity contribution < 1.29 is 9.90 Å². The molecule has 6 nitrogen and oxygen atoms in total. The molecule has 1 saturated carbocycles. The van der Waals surface area contributed by atoms with Crippen LogP contribution in [0.4, 0.5) is 0 Å². The van der Waals surface area contributed by atoms with Crippen LogP contribution in [-0.2, 0) is 0 Å². The van der Waals surface area contributed by atoms with Gasteiger partial charge < -0.3 is 10.4 Å². The van der Waals surface area contributed by atoms with Gasteiger partial charge in [-0.05, 0) is 43.9 Å². The zero-order valence-electron chi connectivity index (χ0n) is 12.6. The summed E-state index contributed by atoms with van der Waals surface area (Å²) in [7, 11) is 0. The maximum Gasteiger partial charge on any atom is 0.272 e. The van der Waals surface area contributed by atoms with E-state index in [9.17, 15) is 9.90 Å². The molecule has 6 heteroatoms. The van der Waals surface area contributed by atoms with Crippen LogP contribution in [0.1, 0.15) is 41.7 Å². The van der Waals surface area contributed by atoms with Crippen LogP contribution in [0.15, 0.2) is 36.5 Å². The highest BCUT2D eigenvalue weighted by atomic mass is 16.3. The number of rotatable bonds is 3. The molecule has 0 unspecified atom stereocenters. The van der Waals surface area contributed by atoms with E-state index in [0.717, 1.165) is 25.7 Å². The summed E-state index contributed by atoms with van der Waals surface area (Å²) >= 11 is 0. The van der Waals surface area contributed by atoms with E-state index < -0.39 is 0 Å². The van der Waals surface area contributed by atoms with E-state index in [-0.39, 0.29) is 18.1 Å². The molecule has 0 radical (unpaired) electrons. The molecule has 0 spiro atoms. The lowest BCUT2D eigenvalue weighted by molar-refractivity contribution is 0.0863. The van der Waals surface area contributed by atoms with Crippen LogP contribution >= 0.6 is 0 Å². The van der Waals surface area contributed by atoms with Gasteiger partial charge in [-0.2, -0.15) is 10.4 Å². The van der Waals surface area contributed by atoms with Crippen molar-refractivity contribution in [3.8, 4) is 11.8 Å². The smallest absolute Gasteiger partial charge is 0.272 e. The van der Waals surface area contributed by atoms with E-state index in [0.29, 0.717) is 16.9 Å². The van der Waals surface area contributed by atoms with Gasteiger partial charge in [0.15, 0.2) is 5.69 Å². The van der Waals surface area contributed by atoms with E-state index in [1.807, 2.05) is 6.07 Å². The van der Waals surface area contributed by atoms with Crippen molar-refractivity contribution >= 4 is 5.91 Å². The number of nitrogens with one attached hydrogen (secondary N) is 1. The number of amides is 1. The highest BCUT2D eigenvalue weighted by Crippen LogP contribution is 2.19. The monoisotopic (exact) mass is 310 g/mol. The van der Waals surface area contributed by atoms with Gasteiger partial charge in [-0.3, -0.25) is 4.79 Å². The average molecular weight is 310 g/mol. The molecule has 3 rings (SSSR count). The number of aromatic nitrogens is 2. The van der Waals surface area contributed by atoms with Crippen LogP contribution in [0.3, 0.4) is 0 Å². The van der Waals surface area contributed by atoms with E-state index in [2.05, 4.69) is 16.5 Å². The predicted octanol–water partition coefficient (Wildman–Crippen LogP) is 1.78. The molecule has 0 bridgehead atoms. The third-order valence-electron chi connectivity index (χ3n) is 4.12. The van der Waals surface area contributed by atoms with Gasteiger partial charge >= 0.3 is 0 Å². The maximum atomic E-state index is 12.3. The number of aliphatic hydroxyl groups excluding tert-OH is 1. The van der Waals surface area contributed by atoms with Crippen molar-refractivity contribution in [1.29, 1.82) is 5.26 Å². The molecule has 0 aliphatic heterocycles. The topological polar surface area (TPSA) is 90.9 Å². The van der Waals surface area contributed by atoms with Crippen LogP contribution in [0.5, 0.6) is 0 Å². The Morgan fingerprint density at radius 2 is 2.00 bits per heavy atom. The Balaban J connectivity index is 1.72. The molecule has 1 fully saturated rings. The first-order chi connectivity index (χ1) is 11.2. The van der Waals surface area contributed by atoms with Crippen LogP contribution < -0.4 is 5.32 Å². The summed E-state index contributed by atoms with van der Waals surface area (Å²) in [6.45, 7) is 0. The van der Waals surface area contributed by atoms with E-state index in [1.165, 1.54) is 4.68 Å². The quantitative estimate of drug-likeness (QED) is 0.904. The Labute approximate surface area is 134 Å². The summed E-state index contributed by atoms with van der Waals surface area (Å²) in [5.41, 5.74) is 1.47. The van der Waals surface area contributed by atoms with Crippen molar-refractivity contribution in [1.82, 2.24) is 15.1 Å². The number of carbonyl (C=O) groups excluding carboxylic acids is 1. The number of hydrogen-bond donors (Lipinski definition) is 2. The number of para-hydroxylation sites is 1. The summed E-state index contributed by atoms with van der Waals surface area (Å²) in [6, 6.07) is 11.0. The standard InChI is InChI=1S/C17H18N4O2/c18-11-12-3-1-2-4-16(12)21-10-9-15(20-21)17(23)19-13-5-7-14(22)8-6-13/h1-4,9-10,13-14,22H,5-8H2,(H,19,23). The Hall–Kier alpha value is -2.65. The number of nitriles is 1. The molecular formula is C17H18N4O2. The second-order valence-electron chi connectivity index (χ2n) is 5.75. The molecule has 1 aliphatic carbocycles. The van der Waals surface area contributed by atoms with Gasteiger partial charge in [-0.1, -0.05) is 12.1 Å². The zero-order chi connectivity index (χ0) is 16.2. The van der Waals surface area contributed by atoms with Crippen molar-refractivity contribution in [3.63, 3.8) is 0 Å². The Bertz CT molecular complexity index is 739. The molecule has 1 amide bonds. The van der Waals surface area contributed by atoms with Crippen molar-refractivity contribution in [3.05, 3.63) is 47.8 Å². The Morgan fingerprint density at radius 3 is 2.74 bits per heavy atom. The Kier molecular flexibility index (Phi) is 4.40. The van der Waals surface area contributed by atoms with E-state index in [4.69, 9.17) is 5.26 Å². The van der Waals surface area contributed by atoms with Gasteiger partial charge in [0.25, 0.3) is 5.91 Å². The molecule has 118 valence electrons. The van der Waals surface area contributed by atoms with Crippen LogP contribution in [0.25, 0.3) is 5.69 Å². The third-order valence-corrected chi connectivity index (χ3v) is 4.12. The first kappa shape index (κ1) is 15.3. The van der Waals surface area contributed by atoms with Crippen LogP contribution in [0.2, 0.25) is 0 Å². The summed E-state index contributed by atoms with van der Waals surface area (Å²) in [6.07, 6.45) is 4.43. The summed E-state index contributed by atoms with van der Waals surface area (Å²) in [4.78, 5) is 12.3. The van der Waals surface area contributed by atoms with E-state index in [1.54, 1.807) is 30.5 Å². The normalized spacial score (nSPS) is 20.7. The molecule has 23 heavy (non-hydrogen) atoms. The highest BCUT2D eigenvalue weighted by molar-refractivity contribution is 5.92. The van der Waals surface area contributed by atoms with Gasteiger partial charge in [0.2, 0.25) is 0 Å². The SMILES string of the molecule is N#Cc1ccccc1-n1ccc(C(=O)NC2CCC(O)CC2)n1. The van der Waals surface area contributed by atoms with Crippen molar-refractivity contribution in [2.75, 3.05) is 0 Å². The molecule has 1 aromatic carbocycles. The molecule has 2 aromatic rings. The number of nitrogens with zero attached hydrogens (tertiary/aromatic N) is 3. The minimum atomic E-state index is -0.246. The minimum absolute atomic E-state index is 0.0856. The first-order valence-electron chi connectivity index (χ1n) is 7.71. The van der Waals surface area contributed by atoms with E-state index >= 15 is 0 Å². The molecule has 1 aromatic heterocycles. The molecule has 1 heterocycles. The number of carbonyl (C=O) groups is 1. The Morgan fingerprint density at radius 1 is 1.26 bits per heavy atom. The number of hydrogen-bond acceptors (Lipinski definition) is 4. The molecule has 2 N–H and O–H groups in total. The molecule has 0 atom stereocenters. The number of benzene rings is 1. The lowest BCUT2D eigenvalue weighted by atomic mass is 9.93. The maximum absolute atomic E-state index is 12.3. The molecular weight excluding hydrogens is 292 g/mol. The largest absolute Gasteiger partial charge is 0.393 e. The van der Waals surface area contributed by atoms with Gasteiger partial charge in [0.1, 0.15) is 6.07 Å².